The normalized spacial score (nSPS) is 17.4. The Morgan fingerprint density at radius 2 is 2.16 bits per heavy atom. The molecule has 1 atom stereocenters. The molecule has 1 amide bonds. The van der Waals surface area contributed by atoms with Crippen molar-refractivity contribution in [2.75, 3.05) is 18.0 Å². The van der Waals surface area contributed by atoms with Crippen LogP contribution in [0.25, 0.3) is 11.3 Å². The van der Waals surface area contributed by atoms with E-state index in [1.54, 1.807) is 6.07 Å². The van der Waals surface area contributed by atoms with Gasteiger partial charge in [-0.3, -0.25) is 9.89 Å². The molecule has 25 heavy (non-hydrogen) atoms. The number of amides is 1. The second kappa shape index (κ2) is 6.84. The Hall–Kier alpha value is -3.02. The molecule has 0 radical (unpaired) electrons. The van der Waals surface area contributed by atoms with Crippen molar-refractivity contribution in [2.24, 2.45) is 0 Å². The van der Waals surface area contributed by atoms with Crippen molar-refractivity contribution in [3.63, 3.8) is 0 Å². The largest absolute Gasteiger partial charge is 0.472 e. The summed E-state index contributed by atoms with van der Waals surface area (Å²) < 4.78 is 4.97. The number of benzene rings is 1. The number of rotatable bonds is 4. The summed E-state index contributed by atoms with van der Waals surface area (Å²) in [6, 6.07) is 14.0. The standard InChI is InChI=1S/C19H20N4O2/c24-19(15-8-10-25-13-15)20-16-7-4-9-23(12-16)18-11-17(21-22-18)14-5-2-1-3-6-14/h1-3,5-6,8,10-11,13,16H,4,7,9,12H2,(H,20,24)(H,21,22). The van der Waals surface area contributed by atoms with Gasteiger partial charge in [-0.25, -0.2) is 0 Å². The molecule has 128 valence electrons. The van der Waals surface area contributed by atoms with Gasteiger partial charge in [0.05, 0.1) is 17.5 Å². The Labute approximate surface area is 145 Å². The third-order valence-corrected chi connectivity index (χ3v) is 4.51. The maximum absolute atomic E-state index is 12.2. The van der Waals surface area contributed by atoms with Crippen molar-refractivity contribution >= 4 is 11.7 Å². The van der Waals surface area contributed by atoms with Gasteiger partial charge in [-0.15, -0.1) is 0 Å². The molecule has 1 aliphatic heterocycles. The number of hydrogen-bond acceptors (Lipinski definition) is 4. The monoisotopic (exact) mass is 336 g/mol. The third kappa shape index (κ3) is 3.42. The van der Waals surface area contributed by atoms with Crippen LogP contribution < -0.4 is 10.2 Å². The fraction of sp³-hybridized carbons (Fsp3) is 0.263. The van der Waals surface area contributed by atoms with Crippen LogP contribution in [-0.2, 0) is 0 Å². The number of aromatic amines is 1. The van der Waals surface area contributed by atoms with Crippen LogP contribution in [0.15, 0.2) is 59.4 Å². The molecule has 0 saturated carbocycles. The van der Waals surface area contributed by atoms with Gasteiger partial charge in [0.25, 0.3) is 5.91 Å². The molecular weight excluding hydrogens is 316 g/mol. The molecule has 2 aromatic heterocycles. The third-order valence-electron chi connectivity index (χ3n) is 4.51. The fourth-order valence-electron chi connectivity index (χ4n) is 3.20. The Morgan fingerprint density at radius 1 is 1.28 bits per heavy atom. The quantitative estimate of drug-likeness (QED) is 0.768. The number of nitrogens with one attached hydrogen (secondary N) is 2. The van der Waals surface area contributed by atoms with E-state index in [0.717, 1.165) is 43.0 Å². The van der Waals surface area contributed by atoms with Crippen molar-refractivity contribution in [3.05, 3.63) is 60.6 Å². The van der Waals surface area contributed by atoms with Crippen LogP contribution in [0.2, 0.25) is 0 Å². The number of anilines is 1. The lowest BCUT2D eigenvalue weighted by atomic mass is 10.1. The van der Waals surface area contributed by atoms with Crippen molar-refractivity contribution in [1.82, 2.24) is 15.5 Å². The van der Waals surface area contributed by atoms with Gasteiger partial charge in [-0.2, -0.15) is 5.10 Å². The average Bonchev–Trinajstić information content (AvgIpc) is 3.35. The van der Waals surface area contributed by atoms with Crippen molar-refractivity contribution in [1.29, 1.82) is 0 Å². The smallest absolute Gasteiger partial charge is 0.254 e. The molecule has 1 unspecified atom stereocenters. The highest BCUT2D eigenvalue weighted by atomic mass is 16.3. The van der Waals surface area contributed by atoms with Crippen LogP contribution in [0.3, 0.4) is 0 Å². The van der Waals surface area contributed by atoms with E-state index >= 15 is 0 Å². The Kier molecular flexibility index (Phi) is 4.24. The van der Waals surface area contributed by atoms with E-state index < -0.39 is 0 Å². The van der Waals surface area contributed by atoms with Crippen molar-refractivity contribution in [2.45, 2.75) is 18.9 Å². The number of hydrogen-bond donors (Lipinski definition) is 2. The van der Waals surface area contributed by atoms with E-state index in [0.29, 0.717) is 5.56 Å². The number of carbonyl (C=O) groups is 1. The predicted octanol–water partition coefficient (Wildman–Crippen LogP) is 3.07. The predicted molar refractivity (Wildman–Crippen MR) is 95.4 cm³/mol. The van der Waals surface area contributed by atoms with Gasteiger partial charge < -0.3 is 14.6 Å². The van der Waals surface area contributed by atoms with Gasteiger partial charge >= 0.3 is 0 Å². The number of nitrogens with zero attached hydrogens (tertiary/aromatic N) is 2. The van der Waals surface area contributed by atoms with E-state index in [-0.39, 0.29) is 11.9 Å². The summed E-state index contributed by atoms with van der Waals surface area (Å²) in [6.45, 7) is 1.69. The van der Waals surface area contributed by atoms with Gasteiger partial charge in [0.1, 0.15) is 6.26 Å². The minimum atomic E-state index is -0.0902. The molecule has 0 bridgehead atoms. The van der Waals surface area contributed by atoms with Crippen LogP contribution in [0.5, 0.6) is 0 Å². The minimum Gasteiger partial charge on any atom is -0.472 e. The Morgan fingerprint density at radius 3 is 2.96 bits per heavy atom. The highest BCUT2D eigenvalue weighted by Crippen LogP contribution is 2.24. The van der Waals surface area contributed by atoms with Gasteiger partial charge in [-0.05, 0) is 24.5 Å². The van der Waals surface area contributed by atoms with E-state index in [2.05, 4.69) is 38.6 Å². The molecule has 6 heteroatoms. The molecule has 1 saturated heterocycles. The fourth-order valence-corrected chi connectivity index (χ4v) is 3.20. The first kappa shape index (κ1) is 15.5. The SMILES string of the molecule is O=C(NC1CCCN(c2cc(-c3ccccc3)[nH]n2)C1)c1ccoc1. The molecule has 2 N–H and O–H groups in total. The van der Waals surface area contributed by atoms with Crippen LogP contribution in [0.4, 0.5) is 5.82 Å². The van der Waals surface area contributed by atoms with E-state index in [1.807, 2.05) is 18.2 Å². The number of furan rings is 1. The highest BCUT2D eigenvalue weighted by molar-refractivity contribution is 5.94. The summed E-state index contributed by atoms with van der Waals surface area (Å²) in [5, 5.41) is 10.6. The summed E-state index contributed by atoms with van der Waals surface area (Å²) in [5.74, 6) is 0.828. The molecular formula is C19H20N4O2. The number of H-pyrrole nitrogens is 1. The zero-order valence-corrected chi connectivity index (χ0v) is 13.8. The number of piperidine rings is 1. The maximum atomic E-state index is 12.2. The summed E-state index contributed by atoms with van der Waals surface area (Å²) in [7, 11) is 0. The van der Waals surface area contributed by atoms with Gasteiger partial charge in [0.15, 0.2) is 5.82 Å². The molecule has 1 aliphatic rings. The summed E-state index contributed by atoms with van der Waals surface area (Å²) in [4.78, 5) is 14.4. The summed E-state index contributed by atoms with van der Waals surface area (Å²) >= 11 is 0. The van der Waals surface area contributed by atoms with E-state index in [9.17, 15) is 4.79 Å². The molecule has 1 fully saturated rings. The molecule has 4 rings (SSSR count). The lowest BCUT2D eigenvalue weighted by molar-refractivity contribution is 0.0932. The first-order valence-corrected chi connectivity index (χ1v) is 8.48. The van der Waals surface area contributed by atoms with Gasteiger partial charge in [0.2, 0.25) is 0 Å². The maximum Gasteiger partial charge on any atom is 0.254 e. The average molecular weight is 336 g/mol. The Balaban J connectivity index is 1.43. The molecule has 0 aliphatic carbocycles. The first-order valence-electron chi connectivity index (χ1n) is 8.48. The molecule has 3 aromatic rings. The Bertz CT molecular complexity index is 826. The first-order chi connectivity index (χ1) is 12.3. The molecule has 1 aromatic carbocycles. The number of carbonyl (C=O) groups excluding carboxylic acids is 1. The van der Waals surface area contributed by atoms with Crippen molar-refractivity contribution < 1.29 is 9.21 Å². The van der Waals surface area contributed by atoms with Crippen LogP contribution in [-0.4, -0.2) is 35.2 Å². The number of aromatic nitrogens is 2. The summed E-state index contributed by atoms with van der Waals surface area (Å²) in [5.41, 5.74) is 2.67. The molecule has 0 spiro atoms. The zero-order chi connectivity index (χ0) is 17.1. The topological polar surface area (TPSA) is 74.2 Å². The van der Waals surface area contributed by atoms with Gasteiger partial charge in [-0.1, -0.05) is 30.3 Å². The zero-order valence-electron chi connectivity index (χ0n) is 13.8. The second-order valence-electron chi connectivity index (χ2n) is 6.28. The minimum absolute atomic E-state index is 0.0902. The molecule has 3 heterocycles. The van der Waals surface area contributed by atoms with E-state index in [4.69, 9.17) is 4.42 Å². The highest BCUT2D eigenvalue weighted by Gasteiger charge is 2.23. The van der Waals surface area contributed by atoms with Crippen LogP contribution in [0, 0.1) is 0 Å². The lowest BCUT2D eigenvalue weighted by Gasteiger charge is -2.33. The van der Waals surface area contributed by atoms with Crippen LogP contribution >= 0.6 is 0 Å². The lowest BCUT2D eigenvalue weighted by Crippen LogP contribution is -2.47. The second-order valence-corrected chi connectivity index (χ2v) is 6.28. The van der Waals surface area contributed by atoms with Crippen LogP contribution in [0.1, 0.15) is 23.2 Å². The summed E-state index contributed by atoms with van der Waals surface area (Å²) in [6.07, 6.45) is 4.96. The van der Waals surface area contributed by atoms with E-state index in [1.165, 1.54) is 12.5 Å². The van der Waals surface area contributed by atoms with Crippen molar-refractivity contribution in [3.8, 4) is 11.3 Å². The van der Waals surface area contributed by atoms with Gasteiger partial charge in [0, 0.05) is 25.2 Å². The molecule has 6 nitrogen and oxygen atoms in total.